The van der Waals surface area contributed by atoms with Crippen LogP contribution in [0.1, 0.15) is 168 Å². The number of ether oxygens (including phenoxy) is 1. The third-order valence-corrected chi connectivity index (χ3v) is 9.61. The van der Waals surface area contributed by atoms with E-state index in [1.165, 1.54) is 134 Å². The molecule has 0 bridgehead atoms. The van der Waals surface area contributed by atoms with Gasteiger partial charge in [0, 0.05) is 12.5 Å². The minimum absolute atomic E-state index is 0.0180. The van der Waals surface area contributed by atoms with Crippen LogP contribution in [0.4, 0.5) is 0 Å². The molecule has 252 valence electrons. The summed E-state index contributed by atoms with van der Waals surface area (Å²) in [6.45, 7) is 8.02. The van der Waals surface area contributed by atoms with Gasteiger partial charge < -0.3 is 4.74 Å². The number of rotatable bonds is 30. The molecule has 0 saturated carbocycles. The molecule has 0 aromatic carbocycles. The van der Waals surface area contributed by atoms with Gasteiger partial charge in [0.25, 0.3) is 0 Å². The van der Waals surface area contributed by atoms with Crippen molar-refractivity contribution < 1.29 is 14.0 Å². The molecular formula is C40H71N2O2+. The van der Waals surface area contributed by atoms with Crippen LogP contribution < -0.4 is 5.32 Å². The average molecular weight is 612 g/mol. The molecule has 2 heterocycles. The van der Waals surface area contributed by atoms with Gasteiger partial charge in [-0.05, 0) is 44.9 Å². The van der Waals surface area contributed by atoms with E-state index in [9.17, 15) is 4.79 Å². The van der Waals surface area contributed by atoms with Crippen molar-refractivity contribution in [3.8, 4) is 0 Å². The average Bonchev–Trinajstić information content (AvgIpc) is 3.38. The monoisotopic (exact) mass is 612 g/mol. The van der Waals surface area contributed by atoms with Gasteiger partial charge in [0.05, 0.1) is 6.54 Å². The third-order valence-electron chi connectivity index (χ3n) is 9.61. The fourth-order valence-corrected chi connectivity index (χ4v) is 6.65. The molecule has 4 heteroatoms. The first-order valence-electron chi connectivity index (χ1n) is 19.2. The van der Waals surface area contributed by atoms with E-state index in [0.717, 1.165) is 43.5 Å². The van der Waals surface area contributed by atoms with E-state index >= 15 is 0 Å². The summed E-state index contributed by atoms with van der Waals surface area (Å²) in [7, 11) is 0. The summed E-state index contributed by atoms with van der Waals surface area (Å²) in [5, 5.41) is 3.53. The Morgan fingerprint density at radius 3 is 1.73 bits per heavy atom. The first kappa shape index (κ1) is 38.5. The Kier molecular flexibility index (Phi) is 23.3. The normalized spacial score (nSPS) is 20.5. The number of quaternary nitrogens is 1. The Balaban J connectivity index is 1.42. The van der Waals surface area contributed by atoms with Crippen LogP contribution in [0, 0.1) is 0 Å². The summed E-state index contributed by atoms with van der Waals surface area (Å²) in [6, 6.07) is 0.585. The maximum atomic E-state index is 12.3. The lowest BCUT2D eigenvalue weighted by Crippen LogP contribution is -2.33. The number of fused-ring (bicyclic) bond motifs is 1. The molecule has 2 unspecified atom stereocenters. The highest BCUT2D eigenvalue weighted by molar-refractivity contribution is 5.69. The molecule has 2 atom stereocenters. The molecule has 1 N–H and O–H groups in total. The first-order chi connectivity index (χ1) is 21.7. The van der Waals surface area contributed by atoms with Gasteiger partial charge in [0.15, 0.2) is 11.7 Å². The Labute approximate surface area is 273 Å². The largest absolute Gasteiger partial charge is 0.460 e. The molecule has 0 spiro atoms. The predicted molar refractivity (Wildman–Crippen MR) is 190 cm³/mol. The molecule has 2 saturated heterocycles. The van der Waals surface area contributed by atoms with Crippen molar-refractivity contribution in [2.75, 3.05) is 26.4 Å². The topological polar surface area (TPSA) is 38.3 Å². The highest BCUT2D eigenvalue weighted by Gasteiger charge is 2.64. The van der Waals surface area contributed by atoms with E-state index in [2.05, 4.69) is 61.7 Å². The summed E-state index contributed by atoms with van der Waals surface area (Å²) in [6.07, 6.45) is 46.6. The smallest absolute Gasteiger partial charge is 0.305 e. The van der Waals surface area contributed by atoms with Crippen LogP contribution in [0.25, 0.3) is 0 Å². The fourth-order valence-electron chi connectivity index (χ4n) is 6.65. The van der Waals surface area contributed by atoms with Crippen molar-refractivity contribution in [1.82, 2.24) is 5.32 Å². The highest BCUT2D eigenvalue weighted by Crippen LogP contribution is 2.46. The van der Waals surface area contributed by atoms with Crippen molar-refractivity contribution >= 4 is 5.97 Å². The lowest BCUT2D eigenvalue weighted by molar-refractivity contribution is -0.785. The van der Waals surface area contributed by atoms with Crippen LogP contribution in [0.2, 0.25) is 0 Å². The van der Waals surface area contributed by atoms with Gasteiger partial charge in [-0.15, -0.1) is 0 Å². The fraction of sp³-hybridized carbons (Fsp3) is 0.775. The van der Waals surface area contributed by atoms with E-state index in [1.807, 2.05) is 0 Å². The molecule has 0 amide bonds. The molecule has 2 aliphatic rings. The van der Waals surface area contributed by atoms with Gasteiger partial charge in [-0.1, -0.05) is 153 Å². The highest BCUT2D eigenvalue weighted by atomic mass is 16.5. The SMILES string of the molecule is CCCCCCC=CC=CCCCCCCCC(=O)OCC[N+]12CNCC1C2=CC=CCCCCCCCCCCCCC. The van der Waals surface area contributed by atoms with Crippen molar-refractivity contribution in [3.05, 3.63) is 48.2 Å². The second-order valence-corrected chi connectivity index (χ2v) is 13.5. The zero-order valence-electron chi connectivity index (χ0n) is 29.2. The number of hydrogen-bond acceptors (Lipinski definition) is 3. The molecule has 2 aliphatic heterocycles. The number of nitrogens with zero attached hydrogens (tertiary/aromatic N) is 1. The number of nitrogens with one attached hydrogen (secondary N) is 1. The molecule has 2 fully saturated rings. The maximum absolute atomic E-state index is 12.3. The third kappa shape index (κ3) is 17.7. The number of hydrogen-bond donors (Lipinski definition) is 1. The molecule has 0 aliphatic carbocycles. The Bertz CT molecular complexity index is 829. The van der Waals surface area contributed by atoms with Gasteiger partial charge in [0.2, 0.25) is 0 Å². The second kappa shape index (κ2) is 26.6. The summed E-state index contributed by atoms with van der Waals surface area (Å²) < 4.78 is 6.63. The molecule has 0 aromatic heterocycles. The van der Waals surface area contributed by atoms with E-state index in [-0.39, 0.29) is 5.97 Å². The lowest BCUT2D eigenvalue weighted by Gasteiger charge is -2.14. The van der Waals surface area contributed by atoms with Gasteiger partial charge in [-0.2, -0.15) is 0 Å². The van der Waals surface area contributed by atoms with E-state index < -0.39 is 0 Å². The molecule has 4 nitrogen and oxygen atoms in total. The van der Waals surface area contributed by atoms with Crippen molar-refractivity contribution in [1.29, 1.82) is 0 Å². The lowest BCUT2D eigenvalue weighted by atomic mass is 10.1. The molecule has 2 rings (SSSR count). The van der Waals surface area contributed by atoms with Crippen LogP contribution in [-0.2, 0) is 9.53 Å². The van der Waals surface area contributed by atoms with Gasteiger partial charge in [-0.3, -0.25) is 14.6 Å². The number of allylic oxidation sites excluding steroid dienone is 7. The number of carbonyl (C=O) groups is 1. The molecule has 0 radical (unpaired) electrons. The van der Waals surface area contributed by atoms with Crippen LogP contribution in [0.3, 0.4) is 0 Å². The van der Waals surface area contributed by atoms with E-state index in [0.29, 0.717) is 19.1 Å². The van der Waals surface area contributed by atoms with Gasteiger partial charge in [-0.25, -0.2) is 0 Å². The zero-order chi connectivity index (χ0) is 31.4. The van der Waals surface area contributed by atoms with Crippen molar-refractivity contribution in [2.24, 2.45) is 0 Å². The number of carbonyl (C=O) groups excluding carboxylic acids is 1. The van der Waals surface area contributed by atoms with Crippen LogP contribution in [0.5, 0.6) is 0 Å². The Morgan fingerprint density at radius 2 is 1.16 bits per heavy atom. The zero-order valence-corrected chi connectivity index (χ0v) is 29.2. The first-order valence-corrected chi connectivity index (χ1v) is 19.2. The maximum Gasteiger partial charge on any atom is 0.305 e. The van der Waals surface area contributed by atoms with Crippen LogP contribution in [0.15, 0.2) is 48.2 Å². The molecular weight excluding hydrogens is 540 g/mol. The summed E-state index contributed by atoms with van der Waals surface area (Å²) >= 11 is 0. The second-order valence-electron chi connectivity index (χ2n) is 13.5. The number of esters is 1. The van der Waals surface area contributed by atoms with E-state index in [1.54, 1.807) is 0 Å². The van der Waals surface area contributed by atoms with Crippen molar-refractivity contribution in [3.63, 3.8) is 0 Å². The summed E-state index contributed by atoms with van der Waals surface area (Å²) in [5.41, 5.74) is 1.52. The van der Waals surface area contributed by atoms with Gasteiger partial charge in [0.1, 0.15) is 19.8 Å². The van der Waals surface area contributed by atoms with Crippen LogP contribution >= 0.6 is 0 Å². The predicted octanol–water partition coefficient (Wildman–Crippen LogP) is 11.2. The Hall–Kier alpha value is -1.65. The Morgan fingerprint density at radius 1 is 0.682 bits per heavy atom. The van der Waals surface area contributed by atoms with Gasteiger partial charge >= 0.3 is 5.97 Å². The molecule has 44 heavy (non-hydrogen) atoms. The minimum Gasteiger partial charge on any atom is -0.460 e. The standard InChI is InChI=1S/C40H71N2O2/c1-3-5-7-9-11-13-15-17-19-21-23-25-27-29-31-33-40(43)44-35-34-42-37-41-36-39(42)38(42)32-30-28-26-24-22-20-18-16-14-12-10-8-6-4-2/h13,15,17,19,28,30,32,39,41H,3-12,14,16,18,20-27,29,31,33-37H2,1-2H3/q+1. The summed E-state index contributed by atoms with van der Waals surface area (Å²) in [5.74, 6) is -0.0180. The molecule has 0 aromatic rings. The summed E-state index contributed by atoms with van der Waals surface area (Å²) in [4.78, 5) is 12.3. The van der Waals surface area contributed by atoms with Crippen molar-refractivity contribution in [2.45, 2.75) is 174 Å². The van der Waals surface area contributed by atoms with E-state index in [4.69, 9.17) is 4.74 Å². The van der Waals surface area contributed by atoms with Crippen LogP contribution in [-0.4, -0.2) is 42.9 Å². The minimum atomic E-state index is -0.0180. The number of unbranched alkanes of at least 4 members (excludes halogenated alkanes) is 20. The quantitative estimate of drug-likeness (QED) is 0.0289.